The van der Waals surface area contributed by atoms with Gasteiger partial charge in [-0.1, -0.05) is 72.8 Å². The largest absolute Gasteiger partial charge is 0.492 e. The zero-order chi connectivity index (χ0) is 19.8. The smallest absolute Gasteiger partial charge is 0.404 e. The number of benzene rings is 3. The molecule has 0 spiro atoms. The molecule has 0 aliphatic heterocycles. The van der Waals surface area contributed by atoms with Crippen LogP contribution in [0, 0.1) is 0 Å². The molecular weight excluding hydrogens is 373 g/mol. The Morgan fingerprint density at radius 2 is 1.39 bits per heavy atom. The van der Waals surface area contributed by atoms with Gasteiger partial charge in [-0.2, -0.15) is 0 Å². The van der Waals surface area contributed by atoms with E-state index in [2.05, 4.69) is 5.32 Å². The Morgan fingerprint density at radius 1 is 0.857 bits per heavy atom. The Balaban J connectivity index is 1.77. The fourth-order valence-corrected chi connectivity index (χ4v) is 5.64. The molecule has 0 aliphatic rings. The first-order chi connectivity index (χ1) is 13.6. The van der Waals surface area contributed by atoms with Crippen LogP contribution in [0.4, 0.5) is 4.79 Å². The topological polar surface area (TPSA) is 75.6 Å². The van der Waals surface area contributed by atoms with E-state index in [1.165, 1.54) is 0 Å². The van der Waals surface area contributed by atoms with E-state index >= 15 is 0 Å². The molecule has 0 bridgehead atoms. The molecule has 0 unspecified atom stereocenters. The molecule has 2 N–H and O–H groups in total. The minimum Gasteiger partial charge on any atom is -0.492 e. The van der Waals surface area contributed by atoms with E-state index in [1.807, 2.05) is 84.9 Å². The van der Waals surface area contributed by atoms with Gasteiger partial charge >= 0.3 is 6.09 Å². The quantitative estimate of drug-likeness (QED) is 0.449. The van der Waals surface area contributed by atoms with E-state index in [4.69, 9.17) is 9.84 Å². The van der Waals surface area contributed by atoms with Gasteiger partial charge in [0.1, 0.15) is 19.5 Å². The molecule has 3 rings (SSSR count). The number of amides is 1. The Kier molecular flexibility index (Phi) is 6.51. The number of carboxylic acid groups (broad SMARTS) is 1. The molecule has 0 radical (unpaired) electrons. The van der Waals surface area contributed by atoms with Gasteiger partial charge in [-0.15, -0.1) is 0 Å². The highest BCUT2D eigenvalue weighted by Gasteiger charge is 2.27. The molecule has 3 aromatic rings. The Bertz CT molecular complexity index is 900. The van der Waals surface area contributed by atoms with Gasteiger partial charge < -0.3 is 19.7 Å². The molecule has 0 fully saturated rings. The van der Waals surface area contributed by atoms with E-state index in [-0.39, 0.29) is 13.2 Å². The molecular formula is C22H22NO4P. The van der Waals surface area contributed by atoms with Crippen LogP contribution in [0.3, 0.4) is 0 Å². The summed E-state index contributed by atoms with van der Waals surface area (Å²) in [5, 5.41) is 12.5. The fourth-order valence-electron chi connectivity index (χ4n) is 2.94. The van der Waals surface area contributed by atoms with Crippen LogP contribution in [0.25, 0.3) is 0 Å². The summed E-state index contributed by atoms with van der Waals surface area (Å²) in [4.78, 5) is 10.4. The maximum atomic E-state index is 14.1. The highest BCUT2D eigenvalue weighted by atomic mass is 31.2. The van der Waals surface area contributed by atoms with Crippen molar-refractivity contribution >= 4 is 23.8 Å². The second-order valence-corrected chi connectivity index (χ2v) is 9.12. The minimum atomic E-state index is -2.81. The van der Waals surface area contributed by atoms with Crippen molar-refractivity contribution in [3.05, 3.63) is 90.5 Å². The summed E-state index contributed by atoms with van der Waals surface area (Å²) in [6.45, 7) is 0.465. The number of hydrogen-bond acceptors (Lipinski definition) is 3. The Hall–Kier alpha value is -3.04. The molecule has 0 saturated carbocycles. The van der Waals surface area contributed by atoms with Crippen LogP contribution in [0.5, 0.6) is 5.75 Å². The van der Waals surface area contributed by atoms with Crippen molar-refractivity contribution in [1.29, 1.82) is 0 Å². The summed E-state index contributed by atoms with van der Waals surface area (Å²) in [6, 6.07) is 26.6. The van der Waals surface area contributed by atoms with Crippen LogP contribution in [-0.4, -0.2) is 24.4 Å². The summed E-state index contributed by atoms with van der Waals surface area (Å²) < 4.78 is 19.6. The van der Waals surface area contributed by atoms with Crippen LogP contribution < -0.4 is 20.7 Å². The van der Waals surface area contributed by atoms with Crippen LogP contribution in [-0.2, 0) is 10.7 Å². The maximum Gasteiger partial charge on any atom is 0.404 e. The van der Waals surface area contributed by atoms with Gasteiger partial charge in [0.15, 0.2) is 0 Å². The molecule has 3 aromatic carbocycles. The highest BCUT2D eigenvalue weighted by Crippen LogP contribution is 2.46. The number of rotatable bonds is 8. The summed E-state index contributed by atoms with van der Waals surface area (Å²) in [6.07, 6.45) is -0.654. The summed E-state index contributed by atoms with van der Waals surface area (Å²) >= 11 is 0. The molecule has 0 saturated heterocycles. The van der Waals surface area contributed by atoms with Crippen molar-refractivity contribution in [3.63, 3.8) is 0 Å². The standard InChI is InChI=1S/C22H22NO4P/c24-22(25)23-15-16-27-19-13-11-18(12-14-19)17-28(26,20-7-3-1-4-8-20)21-9-5-2-6-10-21/h1-14,23H,15-17H2,(H,24,25). The van der Waals surface area contributed by atoms with Gasteiger partial charge in [0.25, 0.3) is 0 Å². The number of ether oxygens (including phenoxy) is 1. The molecule has 0 aliphatic carbocycles. The van der Waals surface area contributed by atoms with Gasteiger partial charge in [0, 0.05) is 16.8 Å². The van der Waals surface area contributed by atoms with Gasteiger partial charge in [0.2, 0.25) is 0 Å². The Labute approximate surface area is 164 Å². The first-order valence-corrected chi connectivity index (χ1v) is 10.9. The number of carbonyl (C=O) groups is 1. The van der Waals surface area contributed by atoms with Crippen LogP contribution in [0.15, 0.2) is 84.9 Å². The molecule has 0 heterocycles. The van der Waals surface area contributed by atoms with Gasteiger partial charge in [-0.3, -0.25) is 0 Å². The summed E-state index contributed by atoms with van der Waals surface area (Å²) in [5.41, 5.74) is 0.951. The third-order valence-electron chi connectivity index (χ3n) is 4.32. The molecule has 0 aromatic heterocycles. The van der Waals surface area contributed by atoms with Crippen LogP contribution in [0.2, 0.25) is 0 Å². The third-order valence-corrected chi connectivity index (χ3v) is 7.40. The van der Waals surface area contributed by atoms with Crippen LogP contribution in [0.1, 0.15) is 5.56 Å². The van der Waals surface area contributed by atoms with Crippen molar-refractivity contribution in [3.8, 4) is 5.75 Å². The first kappa shape index (κ1) is 19.7. The van der Waals surface area contributed by atoms with Crippen molar-refractivity contribution in [1.82, 2.24) is 5.32 Å². The lowest BCUT2D eigenvalue weighted by atomic mass is 10.2. The van der Waals surface area contributed by atoms with E-state index in [9.17, 15) is 9.36 Å². The zero-order valence-electron chi connectivity index (χ0n) is 15.3. The fraction of sp³-hybridized carbons (Fsp3) is 0.136. The lowest BCUT2D eigenvalue weighted by molar-refractivity contribution is 0.191. The van der Waals surface area contributed by atoms with Crippen molar-refractivity contribution in [2.45, 2.75) is 6.16 Å². The van der Waals surface area contributed by atoms with E-state index < -0.39 is 13.2 Å². The predicted molar refractivity (Wildman–Crippen MR) is 111 cm³/mol. The molecule has 5 nitrogen and oxygen atoms in total. The lowest BCUT2D eigenvalue weighted by Crippen LogP contribution is -2.26. The Morgan fingerprint density at radius 3 is 1.89 bits per heavy atom. The minimum absolute atomic E-state index is 0.217. The van der Waals surface area contributed by atoms with Gasteiger partial charge in [-0.05, 0) is 17.7 Å². The van der Waals surface area contributed by atoms with Crippen molar-refractivity contribution < 1.29 is 19.2 Å². The molecule has 1 amide bonds. The van der Waals surface area contributed by atoms with Crippen molar-refractivity contribution in [2.75, 3.05) is 13.2 Å². The summed E-state index contributed by atoms with van der Waals surface area (Å²) in [7, 11) is -2.81. The predicted octanol–water partition coefficient (Wildman–Crippen LogP) is 3.85. The third kappa shape index (κ3) is 5.02. The zero-order valence-corrected chi connectivity index (χ0v) is 16.2. The highest BCUT2D eigenvalue weighted by molar-refractivity contribution is 7.78. The van der Waals surface area contributed by atoms with Gasteiger partial charge in [0.05, 0.1) is 6.54 Å². The normalized spacial score (nSPS) is 11.0. The molecule has 0 atom stereocenters. The molecule has 28 heavy (non-hydrogen) atoms. The van der Waals surface area contributed by atoms with E-state index in [1.54, 1.807) is 0 Å². The summed E-state index contributed by atoms with van der Waals surface area (Å²) in [5.74, 6) is 0.644. The second kappa shape index (κ2) is 9.25. The molecule has 144 valence electrons. The second-order valence-electron chi connectivity index (χ2n) is 6.29. The monoisotopic (exact) mass is 395 g/mol. The lowest BCUT2D eigenvalue weighted by Gasteiger charge is -2.19. The number of hydrogen-bond donors (Lipinski definition) is 2. The SMILES string of the molecule is O=C(O)NCCOc1ccc(CP(=O)(c2ccccc2)c2ccccc2)cc1. The molecule has 6 heteroatoms. The van der Waals surface area contributed by atoms with Crippen LogP contribution >= 0.6 is 7.14 Å². The number of nitrogens with one attached hydrogen (secondary N) is 1. The average Bonchev–Trinajstić information content (AvgIpc) is 2.73. The average molecular weight is 395 g/mol. The first-order valence-electron chi connectivity index (χ1n) is 8.97. The maximum absolute atomic E-state index is 14.1. The van der Waals surface area contributed by atoms with Crippen molar-refractivity contribution in [2.24, 2.45) is 0 Å². The van der Waals surface area contributed by atoms with E-state index in [0.29, 0.717) is 11.9 Å². The van der Waals surface area contributed by atoms with Gasteiger partial charge in [-0.25, -0.2) is 4.79 Å². The van der Waals surface area contributed by atoms with E-state index in [0.717, 1.165) is 16.2 Å².